The van der Waals surface area contributed by atoms with Crippen LogP contribution >= 0.6 is 0 Å². The van der Waals surface area contributed by atoms with Gasteiger partial charge in [-0.2, -0.15) is 0 Å². The first-order chi connectivity index (χ1) is 11.4. The molecule has 2 N–H and O–H groups in total. The Morgan fingerprint density at radius 1 is 1.29 bits per heavy atom. The predicted molar refractivity (Wildman–Crippen MR) is 89.1 cm³/mol. The Morgan fingerprint density at radius 2 is 2.04 bits per heavy atom. The summed E-state index contributed by atoms with van der Waals surface area (Å²) >= 11 is 0. The van der Waals surface area contributed by atoms with Crippen LogP contribution in [0.3, 0.4) is 0 Å². The molecule has 1 aromatic carbocycles. The molecule has 0 atom stereocenters. The molecule has 0 saturated heterocycles. The number of methoxy groups -OCH3 is 1. The number of anilines is 2. The highest BCUT2D eigenvalue weighted by molar-refractivity contribution is 5.92. The Bertz CT molecular complexity index is 741. The van der Waals surface area contributed by atoms with Crippen LogP contribution in [0.15, 0.2) is 24.4 Å². The van der Waals surface area contributed by atoms with Crippen molar-refractivity contribution < 1.29 is 14.3 Å². The van der Waals surface area contributed by atoms with E-state index in [-0.39, 0.29) is 24.3 Å². The van der Waals surface area contributed by atoms with Crippen molar-refractivity contribution in [2.75, 3.05) is 31.8 Å². The highest BCUT2D eigenvalue weighted by Gasteiger charge is 2.11. The summed E-state index contributed by atoms with van der Waals surface area (Å²) in [5, 5.41) is 12.9. The first-order valence-electron chi connectivity index (χ1n) is 7.22. The van der Waals surface area contributed by atoms with Crippen LogP contribution in [0.4, 0.5) is 16.3 Å². The van der Waals surface area contributed by atoms with E-state index in [1.165, 1.54) is 22.9 Å². The van der Waals surface area contributed by atoms with Crippen LogP contribution in [0, 0.1) is 6.92 Å². The summed E-state index contributed by atoms with van der Waals surface area (Å²) in [5.74, 6) is 0.565. The molecule has 0 aliphatic carbocycles. The second-order valence-electron chi connectivity index (χ2n) is 5.38. The van der Waals surface area contributed by atoms with E-state index in [1.807, 2.05) is 19.1 Å². The molecule has 0 aliphatic heterocycles. The Kier molecular flexibility index (Phi) is 5.35. The minimum Gasteiger partial charge on any atom is -0.495 e. The van der Waals surface area contributed by atoms with Gasteiger partial charge >= 0.3 is 6.03 Å². The van der Waals surface area contributed by atoms with Crippen molar-refractivity contribution in [2.24, 2.45) is 0 Å². The van der Waals surface area contributed by atoms with E-state index in [0.717, 1.165) is 5.56 Å². The average molecular weight is 332 g/mol. The third kappa shape index (κ3) is 4.45. The SMILES string of the molecule is COc1ccc(C)cc1NC(=O)Cn1cc(NC(=O)N(C)C)nn1. The molecule has 0 spiro atoms. The topological polar surface area (TPSA) is 101 Å². The van der Waals surface area contributed by atoms with Crippen LogP contribution in [0.2, 0.25) is 0 Å². The van der Waals surface area contributed by atoms with Gasteiger partial charge in [-0.25, -0.2) is 9.48 Å². The monoisotopic (exact) mass is 332 g/mol. The van der Waals surface area contributed by atoms with E-state index >= 15 is 0 Å². The molecule has 0 bridgehead atoms. The number of nitrogens with one attached hydrogen (secondary N) is 2. The smallest absolute Gasteiger partial charge is 0.322 e. The van der Waals surface area contributed by atoms with Gasteiger partial charge in [-0.3, -0.25) is 10.1 Å². The van der Waals surface area contributed by atoms with Gasteiger partial charge in [0.25, 0.3) is 0 Å². The Balaban J connectivity index is 1.99. The van der Waals surface area contributed by atoms with Crippen LogP contribution in [0.1, 0.15) is 5.56 Å². The molecule has 0 aliphatic rings. The molecule has 0 unspecified atom stereocenters. The van der Waals surface area contributed by atoms with E-state index < -0.39 is 0 Å². The molecule has 9 heteroatoms. The molecule has 2 aromatic rings. The normalized spacial score (nSPS) is 10.2. The van der Waals surface area contributed by atoms with E-state index in [4.69, 9.17) is 4.74 Å². The quantitative estimate of drug-likeness (QED) is 0.860. The zero-order valence-electron chi connectivity index (χ0n) is 14.0. The number of carbonyl (C=O) groups excluding carboxylic acids is 2. The van der Waals surface area contributed by atoms with Crippen molar-refractivity contribution in [2.45, 2.75) is 13.5 Å². The number of hydrogen-bond acceptors (Lipinski definition) is 5. The van der Waals surface area contributed by atoms with Crippen LogP contribution in [0.25, 0.3) is 0 Å². The number of ether oxygens (including phenoxy) is 1. The number of urea groups is 1. The molecule has 1 heterocycles. The second kappa shape index (κ2) is 7.44. The van der Waals surface area contributed by atoms with Crippen molar-refractivity contribution in [1.29, 1.82) is 0 Å². The first-order valence-corrected chi connectivity index (χ1v) is 7.22. The number of benzene rings is 1. The van der Waals surface area contributed by atoms with E-state index in [0.29, 0.717) is 11.4 Å². The second-order valence-corrected chi connectivity index (χ2v) is 5.38. The number of aryl methyl sites for hydroxylation is 1. The molecule has 9 nitrogen and oxygen atoms in total. The minimum absolute atomic E-state index is 0.0398. The highest BCUT2D eigenvalue weighted by atomic mass is 16.5. The Hall–Kier alpha value is -3.10. The molecule has 3 amide bonds. The summed E-state index contributed by atoms with van der Waals surface area (Å²) in [5.41, 5.74) is 1.59. The van der Waals surface area contributed by atoms with Crippen molar-refractivity contribution >= 4 is 23.4 Å². The van der Waals surface area contributed by atoms with Gasteiger partial charge in [-0.1, -0.05) is 11.3 Å². The minimum atomic E-state index is -0.323. The Morgan fingerprint density at radius 3 is 2.71 bits per heavy atom. The summed E-state index contributed by atoms with van der Waals surface area (Å²) < 4.78 is 6.56. The van der Waals surface area contributed by atoms with E-state index in [1.54, 1.807) is 20.2 Å². The fraction of sp³-hybridized carbons (Fsp3) is 0.333. The first kappa shape index (κ1) is 17.3. The lowest BCUT2D eigenvalue weighted by molar-refractivity contribution is -0.116. The van der Waals surface area contributed by atoms with Crippen LogP contribution in [-0.2, 0) is 11.3 Å². The average Bonchev–Trinajstić information content (AvgIpc) is 2.94. The number of nitrogens with zero attached hydrogens (tertiary/aromatic N) is 4. The largest absolute Gasteiger partial charge is 0.495 e. The third-order valence-corrected chi connectivity index (χ3v) is 3.11. The summed E-state index contributed by atoms with van der Waals surface area (Å²) in [6.45, 7) is 1.88. The van der Waals surface area contributed by atoms with Crippen LogP contribution in [0.5, 0.6) is 5.75 Å². The summed E-state index contributed by atoms with van der Waals surface area (Å²) in [7, 11) is 4.77. The number of amides is 3. The van der Waals surface area contributed by atoms with Crippen LogP contribution < -0.4 is 15.4 Å². The van der Waals surface area contributed by atoms with Gasteiger partial charge < -0.3 is 15.0 Å². The zero-order chi connectivity index (χ0) is 17.7. The van der Waals surface area contributed by atoms with E-state index in [9.17, 15) is 9.59 Å². The van der Waals surface area contributed by atoms with Gasteiger partial charge in [0, 0.05) is 14.1 Å². The molecule has 0 saturated carbocycles. The lowest BCUT2D eigenvalue weighted by Crippen LogP contribution is -2.27. The zero-order valence-corrected chi connectivity index (χ0v) is 14.0. The molecular formula is C15H20N6O3. The van der Waals surface area contributed by atoms with Crippen molar-refractivity contribution in [3.63, 3.8) is 0 Å². The summed E-state index contributed by atoms with van der Waals surface area (Å²) in [6.07, 6.45) is 1.48. The number of carbonyl (C=O) groups is 2. The maximum Gasteiger partial charge on any atom is 0.322 e. The summed E-state index contributed by atoms with van der Waals surface area (Å²) in [6, 6.07) is 5.18. The van der Waals surface area contributed by atoms with E-state index in [2.05, 4.69) is 20.9 Å². The number of hydrogen-bond donors (Lipinski definition) is 2. The standard InChI is InChI=1S/C15H20N6O3/c1-10-5-6-12(24-4)11(7-10)16-14(22)9-21-8-13(18-19-21)17-15(23)20(2)3/h5-8H,9H2,1-4H3,(H,16,22)(H,17,23). The molecular weight excluding hydrogens is 312 g/mol. The lowest BCUT2D eigenvalue weighted by atomic mass is 10.2. The lowest BCUT2D eigenvalue weighted by Gasteiger charge is -2.11. The van der Waals surface area contributed by atoms with Gasteiger partial charge in [0.15, 0.2) is 5.82 Å². The highest BCUT2D eigenvalue weighted by Crippen LogP contribution is 2.25. The number of rotatable bonds is 5. The molecule has 0 fully saturated rings. The maximum absolute atomic E-state index is 12.2. The van der Waals surface area contributed by atoms with Gasteiger partial charge in [-0.05, 0) is 24.6 Å². The summed E-state index contributed by atoms with van der Waals surface area (Å²) in [4.78, 5) is 25.1. The molecule has 2 rings (SSSR count). The van der Waals surface area contributed by atoms with Crippen molar-refractivity contribution in [3.05, 3.63) is 30.0 Å². The molecule has 0 radical (unpaired) electrons. The van der Waals surface area contributed by atoms with Gasteiger partial charge in [0.1, 0.15) is 12.3 Å². The van der Waals surface area contributed by atoms with Gasteiger partial charge in [0.2, 0.25) is 5.91 Å². The number of aromatic nitrogens is 3. The predicted octanol–water partition coefficient (Wildman–Crippen LogP) is 1.33. The maximum atomic E-state index is 12.2. The fourth-order valence-corrected chi connectivity index (χ4v) is 1.91. The van der Waals surface area contributed by atoms with Crippen molar-refractivity contribution in [1.82, 2.24) is 19.9 Å². The van der Waals surface area contributed by atoms with Crippen molar-refractivity contribution in [3.8, 4) is 5.75 Å². The molecule has 24 heavy (non-hydrogen) atoms. The van der Waals surface area contributed by atoms with Gasteiger partial charge in [-0.15, -0.1) is 5.10 Å². The fourth-order valence-electron chi connectivity index (χ4n) is 1.91. The molecule has 128 valence electrons. The Labute approximate surface area is 139 Å². The molecule has 1 aromatic heterocycles. The van der Waals surface area contributed by atoms with Gasteiger partial charge in [0.05, 0.1) is 19.0 Å². The third-order valence-electron chi connectivity index (χ3n) is 3.11. The van der Waals surface area contributed by atoms with Crippen LogP contribution in [-0.4, -0.2) is 53.0 Å².